The zero-order valence-electron chi connectivity index (χ0n) is 41.1. The lowest BCUT2D eigenvalue weighted by Gasteiger charge is -2.02. The maximum Gasteiger partial charge on any atom is 0.138 e. The fourth-order valence-corrected chi connectivity index (χ4v) is 8.30. The van der Waals surface area contributed by atoms with Gasteiger partial charge in [-0.05, 0) is 130 Å². The molecule has 76 heavy (non-hydrogen) atoms. The molecule has 0 aliphatic carbocycles. The summed E-state index contributed by atoms with van der Waals surface area (Å²) in [4.78, 5) is 36.8. The molecule has 3 N–H and O–H groups in total. The second-order valence-electron chi connectivity index (χ2n) is 17.8. The van der Waals surface area contributed by atoms with Gasteiger partial charge >= 0.3 is 0 Å². The van der Waals surface area contributed by atoms with Gasteiger partial charge in [-0.1, -0.05) is 96.9 Å². The molecule has 6 aromatic carbocycles. The molecule has 0 amide bonds. The van der Waals surface area contributed by atoms with Gasteiger partial charge in [0.05, 0.1) is 34.2 Å². The van der Waals surface area contributed by atoms with E-state index < -0.39 is 0 Å². The van der Waals surface area contributed by atoms with Crippen molar-refractivity contribution < 1.29 is 13.2 Å². The van der Waals surface area contributed by atoms with Crippen LogP contribution in [0.2, 0.25) is 0 Å². The molecule has 9 nitrogen and oxygen atoms in total. The molecular formula is C64H52F3N9. The molecule has 0 aliphatic heterocycles. The molecule has 0 unspecified atom stereocenters. The van der Waals surface area contributed by atoms with Crippen molar-refractivity contribution in [3.8, 4) is 102 Å². The van der Waals surface area contributed by atoms with Gasteiger partial charge in [0, 0.05) is 87.3 Å². The minimum Gasteiger partial charge on any atom is -0.337 e. The third kappa shape index (κ3) is 12.0. The summed E-state index contributed by atoms with van der Waals surface area (Å²) in [7, 11) is 0. The molecule has 0 aliphatic rings. The summed E-state index contributed by atoms with van der Waals surface area (Å²) in [6.45, 7) is 6.16. The van der Waals surface area contributed by atoms with E-state index in [2.05, 4.69) is 87.1 Å². The number of hydrogen-bond donors (Lipinski definition) is 3. The minimum atomic E-state index is -0.261. The first-order valence-corrected chi connectivity index (χ1v) is 24.1. The topological polar surface area (TPSA) is 125 Å². The van der Waals surface area contributed by atoms with Crippen LogP contribution in [0.3, 0.4) is 0 Å². The summed E-state index contributed by atoms with van der Waals surface area (Å²) in [6, 6.07) is 55.3. The molecule has 12 aromatic rings. The number of nitrogens with zero attached hydrogens (tertiary/aromatic N) is 6. The second kappa shape index (κ2) is 23.4. The van der Waals surface area contributed by atoms with Crippen molar-refractivity contribution in [3.63, 3.8) is 0 Å². The monoisotopic (exact) mass is 1000 g/mol. The highest BCUT2D eigenvalue weighted by Crippen LogP contribution is 2.36. The Balaban J connectivity index is 0.000000138. The van der Waals surface area contributed by atoms with E-state index in [0.717, 1.165) is 102 Å². The van der Waals surface area contributed by atoms with Gasteiger partial charge in [0.2, 0.25) is 0 Å². The van der Waals surface area contributed by atoms with Gasteiger partial charge in [-0.3, -0.25) is 15.0 Å². The summed E-state index contributed by atoms with van der Waals surface area (Å²) < 4.78 is 39.9. The summed E-state index contributed by atoms with van der Waals surface area (Å²) in [5.41, 5.74) is 17.2. The van der Waals surface area contributed by atoms with E-state index in [1.807, 2.05) is 72.8 Å². The number of aromatic amines is 3. The normalized spacial score (nSPS) is 10.7. The molecule has 6 heterocycles. The Morgan fingerprint density at radius 1 is 0.263 bits per heavy atom. The van der Waals surface area contributed by atoms with Gasteiger partial charge < -0.3 is 15.0 Å². The van der Waals surface area contributed by atoms with E-state index in [-0.39, 0.29) is 24.9 Å². The standard InChI is InChI=1S/3C21H16FN3.CH4/c3*1-14-2-4-17(5-3-14)21-24-19(15-6-8-18(22)9-7-15)20(25-21)16-10-12-23-13-11-16;/h3*2-13H,1H3,(H,24,25);1H4. The van der Waals surface area contributed by atoms with Crippen molar-refractivity contribution in [3.05, 3.63) is 253 Å². The number of H-pyrrole nitrogens is 3. The van der Waals surface area contributed by atoms with Crippen LogP contribution in [0.15, 0.2) is 219 Å². The first kappa shape index (κ1) is 51.1. The van der Waals surface area contributed by atoms with Crippen LogP contribution in [-0.4, -0.2) is 44.9 Å². The number of imidazole rings is 3. The highest BCUT2D eigenvalue weighted by atomic mass is 19.1. The van der Waals surface area contributed by atoms with Gasteiger partial charge in [0.15, 0.2) is 0 Å². The van der Waals surface area contributed by atoms with Gasteiger partial charge in [-0.2, -0.15) is 0 Å². The van der Waals surface area contributed by atoms with Crippen LogP contribution in [-0.2, 0) is 0 Å². The van der Waals surface area contributed by atoms with E-state index in [0.29, 0.717) is 0 Å². The van der Waals surface area contributed by atoms with Crippen molar-refractivity contribution in [2.24, 2.45) is 0 Å². The van der Waals surface area contributed by atoms with Crippen LogP contribution < -0.4 is 0 Å². The zero-order valence-corrected chi connectivity index (χ0v) is 41.1. The van der Waals surface area contributed by atoms with E-state index >= 15 is 0 Å². The molecule has 0 saturated heterocycles. The molecule has 374 valence electrons. The maximum atomic E-state index is 13.3. The Morgan fingerprint density at radius 3 is 0.697 bits per heavy atom. The highest BCUT2D eigenvalue weighted by Gasteiger charge is 2.18. The number of benzene rings is 6. The zero-order chi connectivity index (χ0) is 51.7. The molecule has 0 atom stereocenters. The number of hydrogen-bond acceptors (Lipinski definition) is 6. The molecule has 6 aromatic heterocycles. The third-order valence-corrected chi connectivity index (χ3v) is 12.3. The summed E-state index contributed by atoms with van der Waals surface area (Å²) in [5, 5.41) is 0. The van der Waals surface area contributed by atoms with Crippen LogP contribution >= 0.6 is 0 Å². The van der Waals surface area contributed by atoms with Crippen LogP contribution in [0.1, 0.15) is 24.1 Å². The predicted molar refractivity (Wildman–Crippen MR) is 299 cm³/mol. The summed E-state index contributed by atoms with van der Waals surface area (Å²) in [6.07, 6.45) is 10.5. The average molecular weight is 1000 g/mol. The smallest absolute Gasteiger partial charge is 0.138 e. The first-order chi connectivity index (χ1) is 36.6. The Bertz CT molecular complexity index is 3360. The van der Waals surface area contributed by atoms with Gasteiger partial charge in [-0.15, -0.1) is 0 Å². The number of pyridine rings is 3. The molecule has 0 saturated carbocycles. The largest absolute Gasteiger partial charge is 0.337 e. The van der Waals surface area contributed by atoms with Crippen molar-refractivity contribution in [2.75, 3.05) is 0 Å². The fraction of sp³-hybridized carbons (Fsp3) is 0.0625. The molecule has 0 radical (unpaired) electrons. The van der Waals surface area contributed by atoms with Crippen LogP contribution in [0, 0.1) is 38.2 Å². The van der Waals surface area contributed by atoms with Crippen molar-refractivity contribution >= 4 is 0 Å². The predicted octanol–water partition coefficient (Wildman–Crippen LogP) is 16.4. The van der Waals surface area contributed by atoms with E-state index in [9.17, 15) is 13.2 Å². The lowest BCUT2D eigenvalue weighted by molar-refractivity contribution is 0.627. The average Bonchev–Trinajstić information content (AvgIpc) is 4.24. The van der Waals surface area contributed by atoms with Crippen LogP contribution in [0.4, 0.5) is 13.2 Å². The van der Waals surface area contributed by atoms with E-state index in [1.54, 1.807) is 73.6 Å². The van der Waals surface area contributed by atoms with Crippen LogP contribution in [0.25, 0.3) is 102 Å². The number of aryl methyl sites for hydroxylation is 3. The Kier molecular flexibility index (Phi) is 15.7. The van der Waals surface area contributed by atoms with E-state index in [1.165, 1.54) is 53.1 Å². The number of halogens is 3. The number of aromatic nitrogens is 9. The first-order valence-electron chi connectivity index (χ1n) is 24.1. The van der Waals surface area contributed by atoms with Crippen molar-refractivity contribution in [2.45, 2.75) is 28.2 Å². The fourth-order valence-electron chi connectivity index (χ4n) is 8.30. The second-order valence-corrected chi connectivity index (χ2v) is 17.8. The Labute approximate surface area is 439 Å². The highest BCUT2D eigenvalue weighted by molar-refractivity contribution is 5.83. The Morgan fingerprint density at radius 2 is 0.474 bits per heavy atom. The van der Waals surface area contributed by atoms with Gasteiger partial charge in [-0.25, -0.2) is 28.1 Å². The molecular weight excluding hydrogens is 952 g/mol. The van der Waals surface area contributed by atoms with Gasteiger partial charge in [0.1, 0.15) is 34.9 Å². The van der Waals surface area contributed by atoms with E-state index in [4.69, 9.17) is 15.0 Å². The number of nitrogens with one attached hydrogen (secondary N) is 3. The quantitative estimate of drug-likeness (QED) is 0.132. The molecule has 0 spiro atoms. The van der Waals surface area contributed by atoms with Gasteiger partial charge in [0.25, 0.3) is 0 Å². The lowest BCUT2D eigenvalue weighted by Crippen LogP contribution is -1.84. The molecule has 0 fully saturated rings. The molecule has 12 heteroatoms. The Hall–Kier alpha value is -9.81. The van der Waals surface area contributed by atoms with Crippen molar-refractivity contribution in [1.29, 1.82) is 0 Å². The summed E-state index contributed by atoms with van der Waals surface area (Å²) in [5.74, 6) is 1.57. The molecule has 12 rings (SSSR count). The summed E-state index contributed by atoms with van der Waals surface area (Å²) >= 11 is 0. The number of rotatable bonds is 9. The minimum absolute atomic E-state index is 0. The molecule has 0 bridgehead atoms. The van der Waals surface area contributed by atoms with Crippen molar-refractivity contribution in [1.82, 2.24) is 44.9 Å². The third-order valence-electron chi connectivity index (χ3n) is 12.3. The lowest BCUT2D eigenvalue weighted by atomic mass is 10.1. The SMILES string of the molecule is C.Cc1ccc(-c2nc(-c3ccc(F)cc3)c(-c3ccncc3)[nH]2)cc1.Cc1ccc(-c2nc(-c3ccc(F)cc3)c(-c3ccncc3)[nH]2)cc1.Cc1ccc(-c2nc(-c3ccc(F)cc3)c(-c3ccncc3)[nH]2)cc1. The maximum absolute atomic E-state index is 13.3. The van der Waals surface area contributed by atoms with Crippen LogP contribution in [0.5, 0.6) is 0 Å².